The van der Waals surface area contributed by atoms with Gasteiger partial charge in [0, 0.05) is 24.3 Å². The Balaban J connectivity index is 2.67. The number of hydrogen-bond donors (Lipinski definition) is 2. The summed E-state index contributed by atoms with van der Waals surface area (Å²) in [5, 5.41) is 20.7. The Kier molecular flexibility index (Phi) is 5.76. The van der Waals surface area contributed by atoms with E-state index in [2.05, 4.69) is 5.32 Å². The molecule has 1 aromatic carbocycles. The van der Waals surface area contributed by atoms with E-state index < -0.39 is 0 Å². The van der Waals surface area contributed by atoms with Gasteiger partial charge in [0.25, 0.3) is 0 Å². The fraction of sp³-hybridized carbons (Fsp3) is 0.500. The Morgan fingerprint density at radius 3 is 2.72 bits per heavy atom. The zero-order valence-electron chi connectivity index (χ0n) is 10.8. The Labute approximate surface area is 107 Å². The van der Waals surface area contributed by atoms with Crippen molar-refractivity contribution in [2.75, 3.05) is 6.61 Å². The molecule has 3 nitrogen and oxygen atoms in total. The molecule has 0 aliphatic rings. The number of nitrogens with zero attached hydrogens (tertiary/aromatic N) is 1. The molecule has 0 saturated carbocycles. The Bertz CT molecular complexity index is 428. The molecular formula is C14H19FN2O. The SMILES string of the molecule is CC(CCCO)NC(C)c1ccc(C#N)cc1F. The lowest BCUT2D eigenvalue weighted by molar-refractivity contribution is 0.274. The number of hydrogen-bond acceptors (Lipinski definition) is 3. The lowest BCUT2D eigenvalue weighted by Gasteiger charge is -2.20. The van der Waals surface area contributed by atoms with Crippen molar-refractivity contribution in [2.24, 2.45) is 0 Å². The molecule has 0 saturated heterocycles. The summed E-state index contributed by atoms with van der Waals surface area (Å²) in [4.78, 5) is 0. The molecule has 2 atom stereocenters. The van der Waals surface area contributed by atoms with Crippen LogP contribution in [0.3, 0.4) is 0 Å². The number of aliphatic hydroxyl groups excluding tert-OH is 1. The molecule has 1 aromatic rings. The minimum atomic E-state index is -0.358. The van der Waals surface area contributed by atoms with Crippen LogP contribution in [0.25, 0.3) is 0 Å². The molecule has 0 bridgehead atoms. The predicted molar refractivity (Wildman–Crippen MR) is 68.4 cm³/mol. The largest absolute Gasteiger partial charge is 0.396 e. The molecule has 0 aromatic heterocycles. The Morgan fingerprint density at radius 2 is 2.17 bits per heavy atom. The topological polar surface area (TPSA) is 56.0 Å². The highest BCUT2D eigenvalue weighted by molar-refractivity contribution is 5.34. The minimum absolute atomic E-state index is 0.119. The maximum Gasteiger partial charge on any atom is 0.129 e. The molecule has 0 spiro atoms. The van der Waals surface area contributed by atoms with Gasteiger partial charge >= 0.3 is 0 Å². The summed E-state index contributed by atoms with van der Waals surface area (Å²) in [7, 11) is 0. The van der Waals surface area contributed by atoms with Crippen molar-refractivity contribution in [2.45, 2.75) is 38.8 Å². The molecule has 0 heterocycles. The van der Waals surface area contributed by atoms with Crippen molar-refractivity contribution < 1.29 is 9.50 Å². The molecular weight excluding hydrogens is 231 g/mol. The van der Waals surface area contributed by atoms with Crippen LogP contribution in [0.15, 0.2) is 18.2 Å². The standard InChI is InChI=1S/C14H19FN2O/c1-10(4-3-7-18)17-11(2)13-6-5-12(9-16)8-14(13)15/h5-6,8,10-11,17-18H,3-4,7H2,1-2H3. The van der Waals surface area contributed by atoms with Crippen LogP contribution in [-0.4, -0.2) is 17.8 Å². The lowest BCUT2D eigenvalue weighted by Crippen LogP contribution is -2.29. The van der Waals surface area contributed by atoms with Gasteiger partial charge in [-0.3, -0.25) is 0 Å². The smallest absolute Gasteiger partial charge is 0.129 e. The molecule has 0 radical (unpaired) electrons. The van der Waals surface area contributed by atoms with Gasteiger partial charge in [0.05, 0.1) is 11.6 Å². The fourth-order valence-electron chi connectivity index (χ4n) is 1.95. The number of halogens is 1. The maximum atomic E-state index is 13.8. The van der Waals surface area contributed by atoms with Crippen molar-refractivity contribution in [1.29, 1.82) is 5.26 Å². The van der Waals surface area contributed by atoms with Gasteiger partial charge in [0.15, 0.2) is 0 Å². The van der Waals surface area contributed by atoms with E-state index >= 15 is 0 Å². The highest BCUT2D eigenvalue weighted by atomic mass is 19.1. The first-order valence-electron chi connectivity index (χ1n) is 6.15. The van der Waals surface area contributed by atoms with E-state index in [-0.39, 0.29) is 24.5 Å². The first-order valence-corrected chi connectivity index (χ1v) is 6.15. The van der Waals surface area contributed by atoms with Crippen LogP contribution >= 0.6 is 0 Å². The van der Waals surface area contributed by atoms with Crippen molar-refractivity contribution in [3.63, 3.8) is 0 Å². The van der Waals surface area contributed by atoms with Gasteiger partial charge in [-0.25, -0.2) is 4.39 Å². The number of rotatable bonds is 6. The zero-order valence-corrected chi connectivity index (χ0v) is 10.8. The summed E-state index contributed by atoms with van der Waals surface area (Å²) in [6.07, 6.45) is 1.58. The summed E-state index contributed by atoms with van der Waals surface area (Å²) in [5.74, 6) is -0.358. The van der Waals surface area contributed by atoms with Gasteiger partial charge in [-0.15, -0.1) is 0 Å². The summed E-state index contributed by atoms with van der Waals surface area (Å²) in [6.45, 7) is 4.07. The molecule has 0 amide bonds. The van der Waals surface area contributed by atoms with Crippen molar-refractivity contribution in [3.05, 3.63) is 35.1 Å². The number of nitriles is 1. The minimum Gasteiger partial charge on any atom is -0.396 e. The molecule has 2 unspecified atom stereocenters. The average molecular weight is 250 g/mol. The second-order valence-corrected chi connectivity index (χ2v) is 4.50. The Morgan fingerprint density at radius 1 is 1.44 bits per heavy atom. The predicted octanol–water partition coefficient (Wildman–Crippen LogP) is 2.51. The quantitative estimate of drug-likeness (QED) is 0.815. The summed E-state index contributed by atoms with van der Waals surface area (Å²) < 4.78 is 13.8. The maximum absolute atomic E-state index is 13.8. The van der Waals surface area contributed by atoms with Crippen LogP contribution in [0, 0.1) is 17.1 Å². The fourth-order valence-corrected chi connectivity index (χ4v) is 1.95. The van der Waals surface area contributed by atoms with Crippen LogP contribution in [-0.2, 0) is 0 Å². The van der Waals surface area contributed by atoms with E-state index in [1.165, 1.54) is 6.07 Å². The van der Waals surface area contributed by atoms with Crippen molar-refractivity contribution >= 4 is 0 Å². The lowest BCUT2D eigenvalue weighted by atomic mass is 10.0. The van der Waals surface area contributed by atoms with Crippen LogP contribution < -0.4 is 5.32 Å². The van der Waals surface area contributed by atoms with Crippen LogP contribution in [0.4, 0.5) is 4.39 Å². The molecule has 0 fully saturated rings. The van der Waals surface area contributed by atoms with Crippen LogP contribution in [0.2, 0.25) is 0 Å². The zero-order chi connectivity index (χ0) is 13.5. The highest BCUT2D eigenvalue weighted by Crippen LogP contribution is 2.19. The summed E-state index contributed by atoms with van der Waals surface area (Å²) >= 11 is 0. The second-order valence-electron chi connectivity index (χ2n) is 4.50. The molecule has 0 aliphatic heterocycles. The van der Waals surface area contributed by atoms with Gasteiger partial charge in [0.1, 0.15) is 5.82 Å². The first kappa shape index (κ1) is 14.6. The third kappa shape index (κ3) is 4.10. The third-order valence-corrected chi connectivity index (χ3v) is 2.93. The number of nitrogens with one attached hydrogen (secondary N) is 1. The molecule has 1 rings (SSSR count). The Hall–Kier alpha value is -1.44. The van der Waals surface area contributed by atoms with Gasteiger partial charge in [-0.2, -0.15) is 5.26 Å². The average Bonchev–Trinajstić information content (AvgIpc) is 2.35. The molecule has 98 valence electrons. The molecule has 4 heteroatoms. The second kappa shape index (κ2) is 7.10. The van der Waals surface area contributed by atoms with E-state index in [9.17, 15) is 4.39 Å². The van der Waals surface area contributed by atoms with E-state index in [0.29, 0.717) is 11.1 Å². The summed E-state index contributed by atoms with van der Waals surface area (Å²) in [5.41, 5.74) is 0.890. The van der Waals surface area contributed by atoms with E-state index in [1.807, 2.05) is 19.9 Å². The highest BCUT2D eigenvalue weighted by Gasteiger charge is 2.13. The molecule has 0 aliphatic carbocycles. The van der Waals surface area contributed by atoms with E-state index in [4.69, 9.17) is 10.4 Å². The van der Waals surface area contributed by atoms with Crippen molar-refractivity contribution in [3.8, 4) is 6.07 Å². The summed E-state index contributed by atoms with van der Waals surface area (Å²) in [6, 6.07) is 6.52. The van der Waals surface area contributed by atoms with Crippen LogP contribution in [0.5, 0.6) is 0 Å². The number of aliphatic hydroxyl groups is 1. The van der Waals surface area contributed by atoms with Crippen molar-refractivity contribution in [1.82, 2.24) is 5.32 Å². The normalized spacial score (nSPS) is 13.9. The molecule has 2 N–H and O–H groups in total. The monoisotopic (exact) mass is 250 g/mol. The van der Waals surface area contributed by atoms with Gasteiger partial charge in [0.2, 0.25) is 0 Å². The third-order valence-electron chi connectivity index (χ3n) is 2.93. The van der Waals surface area contributed by atoms with Gasteiger partial charge in [-0.05, 0) is 38.8 Å². The van der Waals surface area contributed by atoms with Gasteiger partial charge < -0.3 is 10.4 Å². The van der Waals surface area contributed by atoms with Gasteiger partial charge in [-0.1, -0.05) is 6.07 Å². The molecule has 18 heavy (non-hydrogen) atoms. The first-order chi connectivity index (χ1) is 8.58. The number of benzene rings is 1. The van der Waals surface area contributed by atoms with E-state index in [1.54, 1.807) is 12.1 Å². The van der Waals surface area contributed by atoms with Crippen LogP contribution in [0.1, 0.15) is 43.9 Å². The van der Waals surface area contributed by atoms with E-state index in [0.717, 1.165) is 12.8 Å².